The van der Waals surface area contributed by atoms with Crippen molar-refractivity contribution in [3.8, 4) is 11.5 Å². The molecule has 1 atom stereocenters. The molecule has 0 spiro atoms. The van der Waals surface area contributed by atoms with Crippen LogP contribution in [0, 0.1) is 0 Å². The zero-order valence-electron chi connectivity index (χ0n) is 16.9. The molecule has 0 fully saturated rings. The summed E-state index contributed by atoms with van der Waals surface area (Å²) in [6, 6.07) is 19.1. The fraction of sp³-hybridized carbons (Fsp3) is 0.167. The van der Waals surface area contributed by atoms with E-state index in [2.05, 4.69) is 15.0 Å². The van der Waals surface area contributed by atoms with Gasteiger partial charge in [0.25, 0.3) is 0 Å². The molecule has 1 heterocycles. The van der Waals surface area contributed by atoms with Gasteiger partial charge in [0, 0.05) is 12.3 Å². The number of ether oxygens (including phenoxy) is 2. The number of aromatic nitrogens is 1. The van der Waals surface area contributed by atoms with E-state index in [4.69, 9.17) is 4.74 Å². The first kappa shape index (κ1) is 22.0. The van der Waals surface area contributed by atoms with Crippen LogP contribution in [0.2, 0.25) is 0 Å². The number of carbonyl (C=O) groups is 1. The average Bonchev–Trinajstić information content (AvgIpc) is 2.78. The molecule has 3 aromatic rings. The van der Waals surface area contributed by atoms with Crippen LogP contribution in [0.1, 0.15) is 29.8 Å². The first-order chi connectivity index (χ1) is 15.1. The topological polar surface area (TPSA) is 60.5 Å². The summed E-state index contributed by atoms with van der Waals surface area (Å²) in [5.74, 6) is -0.205. The van der Waals surface area contributed by atoms with Gasteiger partial charge in [-0.3, -0.25) is 9.78 Å². The lowest BCUT2D eigenvalue weighted by molar-refractivity contribution is -0.116. The van der Waals surface area contributed by atoms with Crippen LogP contribution in [0.3, 0.4) is 0 Å². The molecule has 1 amide bonds. The number of nitrogens with zero attached hydrogens (tertiary/aromatic N) is 1. The van der Waals surface area contributed by atoms with E-state index in [1.807, 2.05) is 48.5 Å². The van der Waals surface area contributed by atoms with E-state index in [1.54, 1.807) is 31.3 Å². The zero-order valence-corrected chi connectivity index (χ0v) is 16.9. The predicted molar refractivity (Wildman–Crippen MR) is 114 cm³/mol. The van der Waals surface area contributed by atoms with E-state index in [0.717, 1.165) is 5.56 Å². The van der Waals surface area contributed by atoms with Crippen LogP contribution in [0.15, 0.2) is 79.0 Å². The number of alkyl halides is 2. The number of nitrogens with one attached hydrogen (secondary N) is 1. The van der Waals surface area contributed by atoms with Crippen LogP contribution in [0.5, 0.6) is 11.5 Å². The number of pyridine rings is 1. The molecular weight excluding hydrogens is 402 g/mol. The lowest BCUT2D eigenvalue weighted by Crippen LogP contribution is -2.28. The van der Waals surface area contributed by atoms with Crippen molar-refractivity contribution >= 4 is 12.0 Å². The lowest BCUT2D eigenvalue weighted by atomic mass is 10.0. The van der Waals surface area contributed by atoms with Crippen molar-refractivity contribution in [2.75, 3.05) is 6.61 Å². The largest absolute Gasteiger partial charge is 0.490 e. The Hall–Kier alpha value is -3.74. The van der Waals surface area contributed by atoms with Gasteiger partial charge >= 0.3 is 6.61 Å². The number of amides is 1. The molecule has 31 heavy (non-hydrogen) atoms. The van der Waals surface area contributed by atoms with Crippen LogP contribution < -0.4 is 14.8 Å². The Morgan fingerprint density at radius 2 is 1.84 bits per heavy atom. The van der Waals surface area contributed by atoms with Crippen molar-refractivity contribution < 1.29 is 23.0 Å². The molecule has 0 saturated carbocycles. The molecule has 0 aliphatic heterocycles. The summed E-state index contributed by atoms with van der Waals surface area (Å²) < 4.78 is 34.9. The molecule has 0 bridgehead atoms. The first-order valence-corrected chi connectivity index (χ1v) is 9.73. The standard InChI is InChI=1S/C24H22F2N2O3/c1-2-30-21-16-17(11-13-20(21)31-24(25)26)12-14-22(29)28-23(18-8-4-3-5-9-18)19-10-6-7-15-27-19/h3-16,23-24H,2H2,1H3,(H,28,29)/b14-12+. The molecule has 5 nitrogen and oxygen atoms in total. The van der Waals surface area contributed by atoms with Crippen LogP contribution >= 0.6 is 0 Å². The zero-order chi connectivity index (χ0) is 22.1. The van der Waals surface area contributed by atoms with Crippen molar-refractivity contribution in [1.82, 2.24) is 10.3 Å². The number of benzene rings is 2. The minimum absolute atomic E-state index is 0.0576. The van der Waals surface area contributed by atoms with Crippen LogP contribution in [0.4, 0.5) is 8.78 Å². The summed E-state index contributed by atoms with van der Waals surface area (Å²) >= 11 is 0. The van der Waals surface area contributed by atoms with Crippen molar-refractivity contribution in [3.63, 3.8) is 0 Å². The van der Waals surface area contributed by atoms with Gasteiger partial charge in [-0.1, -0.05) is 42.5 Å². The third-order valence-electron chi connectivity index (χ3n) is 4.31. The van der Waals surface area contributed by atoms with Gasteiger partial charge in [0.15, 0.2) is 11.5 Å². The Morgan fingerprint density at radius 1 is 1.06 bits per heavy atom. The Bertz CT molecular complexity index is 972. The maximum atomic E-state index is 12.6. The highest BCUT2D eigenvalue weighted by molar-refractivity contribution is 5.92. The fourth-order valence-electron chi connectivity index (χ4n) is 2.97. The Labute approximate surface area is 179 Å². The molecule has 1 unspecified atom stereocenters. The summed E-state index contributed by atoms with van der Waals surface area (Å²) in [6.45, 7) is -0.924. The van der Waals surface area contributed by atoms with Crippen molar-refractivity contribution in [1.29, 1.82) is 0 Å². The monoisotopic (exact) mass is 424 g/mol. The molecule has 0 saturated heterocycles. The van der Waals surface area contributed by atoms with Gasteiger partial charge in [-0.25, -0.2) is 0 Å². The van der Waals surface area contributed by atoms with E-state index >= 15 is 0 Å². The van der Waals surface area contributed by atoms with E-state index in [1.165, 1.54) is 12.1 Å². The van der Waals surface area contributed by atoms with Gasteiger partial charge in [0.05, 0.1) is 18.3 Å². The van der Waals surface area contributed by atoms with Crippen LogP contribution in [-0.2, 0) is 4.79 Å². The second kappa shape index (κ2) is 10.9. The number of halogens is 2. The maximum Gasteiger partial charge on any atom is 0.387 e. The van der Waals surface area contributed by atoms with E-state index in [0.29, 0.717) is 11.3 Å². The van der Waals surface area contributed by atoms with Gasteiger partial charge in [-0.15, -0.1) is 0 Å². The molecule has 7 heteroatoms. The summed E-state index contributed by atoms with van der Waals surface area (Å²) in [5.41, 5.74) is 2.21. The second-order valence-corrected chi connectivity index (χ2v) is 6.46. The quantitative estimate of drug-likeness (QED) is 0.491. The van der Waals surface area contributed by atoms with E-state index < -0.39 is 12.7 Å². The fourth-order valence-corrected chi connectivity index (χ4v) is 2.97. The third-order valence-corrected chi connectivity index (χ3v) is 4.31. The highest BCUT2D eigenvalue weighted by Crippen LogP contribution is 2.30. The minimum Gasteiger partial charge on any atom is -0.490 e. The normalized spacial score (nSPS) is 12.0. The van der Waals surface area contributed by atoms with Crippen molar-refractivity contribution in [3.05, 3.63) is 95.8 Å². The molecule has 0 aliphatic rings. The Kier molecular flexibility index (Phi) is 7.70. The smallest absolute Gasteiger partial charge is 0.387 e. The highest BCUT2D eigenvalue weighted by atomic mass is 19.3. The molecule has 3 rings (SSSR count). The Balaban J connectivity index is 1.77. The molecule has 2 aromatic carbocycles. The van der Waals surface area contributed by atoms with Gasteiger partial charge < -0.3 is 14.8 Å². The predicted octanol–water partition coefficient (Wildman–Crippen LogP) is 5.00. The first-order valence-electron chi connectivity index (χ1n) is 9.73. The maximum absolute atomic E-state index is 12.6. The van der Waals surface area contributed by atoms with Crippen molar-refractivity contribution in [2.24, 2.45) is 0 Å². The third kappa shape index (κ3) is 6.37. The molecular formula is C24H22F2N2O3. The van der Waals surface area contributed by atoms with Crippen LogP contribution in [-0.4, -0.2) is 24.1 Å². The molecule has 0 aliphatic carbocycles. The molecule has 1 aromatic heterocycles. The minimum atomic E-state index is -2.95. The SMILES string of the molecule is CCOc1cc(/C=C/C(=O)NC(c2ccccc2)c2ccccn2)ccc1OC(F)F. The average molecular weight is 424 g/mol. The summed E-state index contributed by atoms with van der Waals surface area (Å²) in [6.07, 6.45) is 4.62. The van der Waals surface area contributed by atoms with Gasteiger partial charge in [0.2, 0.25) is 5.91 Å². The second-order valence-electron chi connectivity index (χ2n) is 6.46. The van der Waals surface area contributed by atoms with Gasteiger partial charge in [-0.05, 0) is 48.4 Å². The number of carbonyl (C=O) groups excluding carboxylic acids is 1. The van der Waals surface area contributed by atoms with Gasteiger partial charge in [-0.2, -0.15) is 8.78 Å². The summed E-state index contributed by atoms with van der Waals surface area (Å²) in [4.78, 5) is 17.0. The molecule has 1 N–H and O–H groups in total. The molecule has 0 radical (unpaired) electrons. The lowest BCUT2D eigenvalue weighted by Gasteiger charge is -2.18. The van der Waals surface area contributed by atoms with E-state index in [9.17, 15) is 13.6 Å². The number of rotatable bonds is 9. The van der Waals surface area contributed by atoms with Crippen LogP contribution in [0.25, 0.3) is 6.08 Å². The highest BCUT2D eigenvalue weighted by Gasteiger charge is 2.17. The van der Waals surface area contributed by atoms with Crippen molar-refractivity contribution in [2.45, 2.75) is 19.6 Å². The molecule has 160 valence electrons. The summed E-state index contributed by atoms with van der Waals surface area (Å²) in [7, 11) is 0. The summed E-state index contributed by atoms with van der Waals surface area (Å²) in [5, 5.41) is 2.95. The number of hydrogen-bond donors (Lipinski definition) is 1. The van der Waals surface area contributed by atoms with Gasteiger partial charge in [0.1, 0.15) is 0 Å². The number of hydrogen-bond acceptors (Lipinski definition) is 4. The van der Waals surface area contributed by atoms with E-state index in [-0.39, 0.29) is 24.0 Å². The Morgan fingerprint density at radius 3 is 2.52 bits per heavy atom.